The third-order valence-electron chi connectivity index (χ3n) is 1.48. The maximum atomic E-state index is 4.14. The summed E-state index contributed by atoms with van der Waals surface area (Å²) in [6, 6.07) is 0. The average molecular weight is 435 g/mol. The van der Waals surface area contributed by atoms with Crippen molar-refractivity contribution in [3.63, 3.8) is 0 Å². The number of rotatable bonds is 0. The number of aromatic nitrogens is 1. The Morgan fingerprint density at radius 2 is 2.00 bits per heavy atom. The van der Waals surface area contributed by atoms with E-state index in [1.165, 1.54) is 14.5 Å². The van der Waals surface area contributed by atoms with Gasteiger partial charge in [0.2, 0.25) is 0 Å². The van der Waals surface area contributed by atoms with Crippen LogP contribution >= 0.6 is 22.7 Å². The van der Waals surface area contributed by atoms with E-state index in [-0.39, 0.29) is 0 Å². The quantitative estimate of drug-likeness (QED) is 0.581. The molecular weight excluding hydrogens is 429 g/mol. The Morgan fingerprint density at radius 3 is 2.64 bits per heavy atom. The van der Waals surface area contributed by atoms with Crippen LogP contribution in [0.3, 0.4) is 0 Å². The smallest absolute Gasteiger partial charge is 0 e. The SMILES string of the molecule is Cc1sc(C)c2s[c-]nc12.[Rf]. The summed E-state index contributed by atoms with van der Waals surface area (Å²) in [5, 5.41) is 0. The van der Waals surface area contributed by atoms with Crippen molar-refractivity contribution in [3.05, 3.63) is 15.3 Å². The fourth-order valence-corrected chi connectivity index (χ4v) is 2.89. The number of fused-ring (bicyclic) bond motifs is 1. The standard InChI is InChI=1S/C7H6NS2.Rf/c1-4-6-7(5(2)10-4)9-3-8-6;/h1-2H3;/q-1;. The summed E-state index contributed by atoms with van der Waals surface area (Å²) in [4.78, 5) is 6.82. The molecule has 11 heavy (non-hydrogen) atoms. The molecule has 0 unspecified atom stereocenters. The minimum atomic E-state index is 0. The fourth-order valence-electron chi connectivity index (χ4n) is 1.01. The molecule has 2 aromatic rings. The van der Waals surface area contributed by atoms with Gasteiger partial charge in [-0.15, -0.1) is 0 Å². The van der Waals surface area contributed by atoms with Crippen LogP contribution in [0, 0.1) is 19.4 Å². The van der Waals surface area contributed by atoms with Gasteiger partial charge in [-0.05, 0) is 29.1 Å². The van der Waals surface area contributed by atoms with Gasteiger partial charge in [-0.3, -0.25) is 11.3 Å². The van der Waals surface area contributed by atoms with E-state index in [4.69, 9.17) is 0 Å². The fraction of sp³-hybridized carbons (Fsp3) is 0.286. The van der Waals surface area contributed by atoms with Crippen molar-refractivity contribution in [3.8, 4) is 0 Å². The molecule has 2 aromatic heterocycles. The summed E-state index contributed by atoms with van der Waals surface area (Å²) >= 11 is 3.43. The minimum absolute atomic E-state index is 0. The van der Waals surface area contributed by atoms with Crippen LogP contribution in [0.2, 0.25) is 0 Å². The maximum Gasteiger partial charge on any atom is 0 e. The van der Waals surface area contributed by atoms with Crippen LogP contribution in [0.25, 0.3) is 10.2 Å². The van der Waals surface area contributed by atoms with Crippen LogP contribution in [0.1, 0.15) is 9.75 Å². The van der Waals surface area contributed by atoms with E-state index in [0.717, 1.165) is 5.52 Å². The van der Waals surface area contributed by atoms with Crippen LogP contribution in [0.15, 0.2) is 0 Å². The Hall–Kier alpha value is -1.41. The molecule has 0 aliphatic rings. The number of aryl methyl sites for hydroxylation is 2. The summed E-state index contributed by atoms with van der Waals surface area (Å²) in [5.41, 5.74) is 4.04. The maximum absolute atomic E-state index is 4.14. The van der Waals surface area contributed by atoms with Gasteiger partial charge in [0, 0.05) is 0 Å². The van der Waals surface area contributed by atoms with Crippen LogP contribution in [-0.2, 0) is 0 Å². The molecule has 0 bridgehead atoms. The Kier molecular flexibility index (Phi) is 1.63. The molecule has 0 N–H and O–H groups in total. The Labute approximate surface area is 67.3 Å². The number of thiophene rings is 1. The zero-order valence-corrected chi connectivity index (χ0v) is 14.5. The largest absolute Gasteiger partial charge is 0.385 e. The monoisotopic (exact) mass is 435 g/mol. The second kappa shape index (κ2) is 2.32. The normalized spacial score (nSPS) is 10.0. The predicted molar refractivity (Wildman–Crippen MR) is 45.8 cm³/mol. The minimum Gasteiger partial charge on any atom is -0.385 e. The molecule has 0 atom stereocenters. The molecular formula is C7H6NRfS2-. The first-order valence-corrected chi connectivity index (χ1v) is 4.65. The molecule has 0 aliphatic carbocycles. The first kappa shape index (κ1) is 7.69. The number of hydrogen-bond donors (Lipinski definition) is 0. The van der Waals surface area contributed by atoms with Gasteiger partial charge in [-0.2, -0.15) is 11.3 Å². The molecule has 54 valence electrons. The zero-order valence-electron chi connectivity index (χ0n) is 6.47. The first-order chi connectivity index (χ1) is 4.79. The van der Waals surface area contributed by atoms with Crippen LogP contribution in [-0.4, -0.2) is 4.98 Å². The van der Waals surface area contributed by atoms with Crippen molar-refractivity contribution in [2.24, 2.45) is 0 Å². The van der Waals surface area contributed by atoms with Crippen LogP contribution in [0.5, 0.6) is 0 Å². The molecule has 0 radical (unpaired) electrons. The topological polar surface area (TPSA) is 12.9 Å². The van der Waals surface area contributed by atoms with Gasteiger partial charge in [0.05, 0.1) is 0 Å². The van der Waals surface area contributed by atoms with Gasteiger partial charge in [0.15, 0.2) is 0 Å². The molecule has 0 aliphatic heterocycles. The summed E-state index contributed by atoms with van der Waals surface area (Å²) in [6.45, 7) is 4.24. The number of hydrogen-bond acceptors (Lipinski definition) is 3. The summed E-state index contributed by atoms with van der Waals surface area (Å²) < 4.78 is 1.31. The molecule has 0 spiro atoms. The predicted octanol–water partition coefficient (Wildman–Crippen LogP) is 2.77. The molecule has 0 fully saturated rings. The summed E-state index contributed by atoms with van der Waals surface area (Å²) in [6.07, 6.45) is 0. The van der Waals surface area contributed by atoms with Crippen molar-refractivity contribution in [1.82, 2.24) is 4.98 Å². The van der Waals surface area contributed by atoms with Gasteiger partial charge in [0.1, 0.15) is 0 Å². The van der Waals surface area contributed by atoms with E-state index in [9.17, 15) is 0 Å². The van der Waals surface area contributed by atoms with E-state index in [2.05, 4.69) is 24.3 Å². The van der Waals surface area contributed by atoms with Crippen LogP contribution in [0.4, 0.5) is 0 Å². The van der Waals surface area contributed by atoms with Gasteiger partial charge in [-0.25, -0.2) is 0 Å². The van der Waals surface area contributed by atoms with E-state index in [1.807, 2.05) is 11.3 Å². The average Bonchev–Trinajstić information content (AvgIpc) is 2.39. The molecule has 0 saturated carbocycles. The molecule has 0 amide bonds. The van der Waals surface area contributed by atoms with Gasteiger partial charge >= 0.3 is 0 Å². The van der Waals surface area contributed by atoms with Crippen molar-refractivity contribution < 1.29 is 0 Å². The number of thiazole rings is 1. The third-order valence-corrected chi connectivity index (χ3v) is 3.50. The Bertz CT molecular complexity index is 332. The van der Waals surface area contributed by atoms with Gasteiger partial charge in [-0.1, -0.05) is 10.2 Å². The molecule has 2 heterocycles. The number of nitrogens with zero attached hydrogens (tertiary/aromatic N) is 1. The second-order valence-electron chi connectivity index (χ2n) is 2.20. The van der Waals surface area contributed by atoms with Gasteiger partial charge in [0.25, 0.3) is 0 Å². The summed E-state index contributed by atoms with van der Waals surface area (Å²) in [5.74, 6) is 0. The van der Waals surface area contributed by atoms with Gasteiger partial charge < -0.3 is 4.98 Å². The molecule has 0 saturated heterocycles. The molecule has 0 aromatic carbocycles. The second-order valence-corrected chi connectivity index (χ2v) is 4.42. The third kappa shape index (κ3) is 0.880. The molecule has 4 heteroatoms. The first-order valence-electron chi connectivity index (χ1n) is 3.01. The Balaban J connectivity index is 0.000000605. The van der Waals surface area contributed by atoms with Crippen molar-refractivity contribution in [2.45, 2.75) is 13.8 Å². The molecule has 2 rings (SSSR count). The van der Waals surface area contributed by atoms with E-state index >= 15 is 0 Å². The Morgan fingerprint density at radius 1 is 1.27 bits per heavy atom. The molecule has 1 nitrogen and oxygen atoms in total. The van der Waals surface area contributed by atoms with E-state index < -0.39 is 0 Å². The van der Waals surface area contributed by atoms with E-state index in [0.29, 0.717) is 0 Å². The summed E-state index contributed by atoms with van der Waals surface area (Å²) in [7, 11) is 0. The van der Waals surface area contributed by atoms with Crippen molar-refractivity contribution >= 4 is 32.9 Å². The van der Waals surface area contributed by atoms with E-state index in [1.54, 1.807) is 11.3 Å². The van der Waals surface area contributed by atoms with Crippen molar-refractivity contribution in [2.75, 3.05) is 0 Å². The van der Waals surface area contributed by atoms with Crippen LogP contribution < -0.4 is 0 Å². The van der Waals surface area contributed by atoms with Crippen molar-refractivity contribution in [1.29, 1.82) is 0 Å². The zero-order chi connectivity index (χ0) is 7.14.